The zero-order valence-corrected chi connectivity index (χ0v) is 7.85. The first-order valence-electron chi connectivity index (χ1n) is 4.32. The van der Waals surface area contributed by atoms with Crippen LogP contribution in [0.4, 0.5) is 4.79 Å². The van der Waals surface area contributed by atoms with Crippen LogP contribution in [0.1, 0.15) is 5.56 Å². The number of hydrogen-bond donors (Lipinski definition) is 0. The average Bonchev–Trinajstić information content (AvgIpc) is 2.25. The van der Waals surface area contributed by atoms with Crippen molar-refractivity contribution in [2.45, 2.75) is 6.61 Å². The van der Waals surface area contributed by atoms with E-state index in [1.165, 1.54) is 0 Å². The fourth-order valence-corrected chi connectivity index (χ4v) is 0.904. The Kier molecular flexibility index (Phi) is 4.27. The average molecular weight is 190 g/mol. The van der Waals surface area contributed by atoms with Gasteiger partial charge in [0.15, 0.2) is 0 Å². The summed E-state index contributed by atoms with van der Waals surface area (Å²) in [5.41, 5.74) is 0.953. The van der Waals surface area contributed by atoms with Crippen molar-refractivity contribution in [3.8, 4) is 0 Å². The molecule has 1 radical (unpaired) electrons. The lowest BCUT2D eigenvalue weighted by atomic mass is 10.2. The molecule has 0 aliphatic heterocycles. The van der Waals surface area contributed by atoms with Gasteiger partial charge in [-0.25, -0.2) is 10.1 Å². The highest BCUT2D eigenvalue weighted by Crippen LogP contribution is 2.00. The summed E-state index contributed by atoms with van der Waals surface area (Å²) in [5, 5.41) is 3.58. The summed E-state index contributed by atoms with van der Waals surface area (Å²) in [7, 11) is 0. The van der Waals surface area contributed by atoms with Crippen molar-refractivity contribution in [2.75, 3.05) is 6.54 Å². The highest BCUT2D eigenvalue weighted by atomic mass is 16.5. The van der Waals surface area contributed by atoms with Gasteiger partial charge in [-0.2, -0.15) is 0 Å². The fourth-order valence-electron chi connectivity index (χ4n) is 0.904. The van der Waals surface area contributed by atoms with Gasteiger partial charge in [0, 0.05) is 0 Å². The summed E-state index contributed by atoms with van der Waals surface area (Å²) in [6.07, 6.45) is 0.998. The third-order valence-electron chi connectivity index (χ3n) is 1.55. The molecule has 0 heterocycles. The largest absolute Gasteiger partial charge is 0.443 e. The minimum atomic E-state index is -0.547. The Labute approximate surface area is 83.4 Å². The quantitative estimate of drug-likeness (QED) is 0.682. The summed E-state index contributed by atoms with van der Waals surface area (Å²) >= 11 is 0. The normalized spacial score (nSPS) is 9.14. The van der Waals surface area contributed by atoms with Crippen molar-refractivity contribution in [2.24, 2.45) is 0 Å². The van der Waals surface area contributed by atoms with Gasteiger partial charge >= 0.3 is 6.09 Å². The van der Waals surface area contributed by atoms with Crippen LogP contribution in [0.5, 0.6) is 0 Å². The number of nitrogens with zero attached hydrogens (tertiary/aromatic N) is 1. The second-order valence-electron chi connectivity index (χ2n) is 2.67. The molecule has 0 aliphatic rings. The van der Waals surface area contributed by atoms with E-state index < -0.39 is 6.09 Å². The highest BCUT2D eigenvalue weighted by Gasteiger charge is 2.01. The van der Waals surface area contributed by atoms with Crippen LogP contribution in [0.25, 0.3) is 0 Å². The molecule has 73 valence electrons. The Morgan fingerprint density at radius 1 is 1.43 bits per heavy atom. The van der Waals surface area contributed by atoms with Crippen LogP contribution < -0.4 is 5.32 Å². The van der Waals surface area contributed by atoms with Crippen molar-refractivity contribution in [1.82, 2.24) is 5.32 Å². The molecule has 3 nitrogen and oxygen atoms in total. The van der Waals surface area contributed by atoms with Gasteiger partial charge in [-0.05, 0) is 5.56 Å². The van der Waals surface area contributed by atoms with Gasteiger partial charge in [-0.1, -0.05) is 36.4 Å². The standard InChI is InChI=1S/C11H12NO2/c1-2-8-12-11(13)14-9-10-6-4-3-5-7-10/h2-7H,1,8-9H2. The lowest BCUT2D eigenvalue weighted by Crippen LogP contribution is -2.16. The van der Waals surface area contributed by atoms with E-state index >= 15 is 0 Å². The Bertz CT molecular complexity index is 295. The van der Waals surface area contributed by atoms with Gasteiger partial charge in [-0.15, -0.1) is 6.58 Å². The molecule has 0 N–H and O–H groups in total. The van der Waals surface area contributed by atoms with Crippen molar-refractivity contribution in [3.63, 3.8) is 0 Å². The lowest BCUT2D eigenvalue weighted by Gasteiger charge is -2.02. The fraction of sp³-hybridized carbons (Fsp3) is 0.182. The molecule has 0 bridgehead atoms. The topological polar surface area (TPSA) is 40.4 Å². The van der Waals surface area contributed by atoms with E-state index in [4.69, 9.17) is 4.74 Å². The molecular weight excluding hydrogens is 178 g/mol. The predicted octanol–water partition coefficient (Wildman–Crippen LogP) is 2.11. The van der Waals surface area contributed by atoms with E-state index in [0.29, 0.717) is 6.54 Å². The lowest BCUT2D eigenvalue weighted by molar-refractivity contribution is 0.140. The van der Waals surface area contributed by atoms with E-state index in [1.54, 1.807) is 6.08 Å². The number of rotatable bonds is 4. The Morgan fingerprint density at radius 2 is 2.14 bits per heavy atom. The smallest absolute Gasteiger partial charge is 0.429 e. The molecule has 0 spiro atoms. The third kappa shape index (κ3) is 3.76. The molecule has 1 aromatic carbocycles. The molecule has 0 aliphatic carbocycles. The Balaban J connectivity index is 2.27. The van der Waals surface area contributed by atoms with E-state index in [1.807, 2.05) is 30.3 Å². The first kappa shape index (κ1) is 10.3. The minimum Gasteiger partial charge on any atom is -0.443 e. The number of hydrogen-bond acceptors (Lipinski definition) is 2. The SMILES string of the molecule is C=CC[N]C(=O)OCc1ccccc1. The maximum atomic E-state index is 10.9. The number of ether oxygens (including phenoxy) is 1. The molecule has 0 aromatic heterocycles. The summed E-state index contributed by atoms with van der Waals surface area (Å²) in [5.74, 6) is 0. The second-order valence-corrected chi connectivity index (χ2v) is 2.67. The number of benzene rings is 1. The van der Waals surface area contributed by atoms with Crippen molar-refractivity contribution < 1.29 is 9.53 Å². The van der Waals surface area contributed by atoms with Gasteiger partial charge < -0.3 is 4.74 Å². The summed E-state index contributed by atoms with van der Waals surface area (Å²) in [4.78, 5) is 10.9. The Morgan fingerprint density at radius 3 is 2.79 bits per heavy atom. The van der Waals surface area contributed by atoms with Crippen LogP contribution in [0.2, 0.25) is 0 Å². The molecule has 1 rings (SSSR count). The molecule has 1 aromatic rings. The van der Waals surface area contributed by atoms with Crippen LogP contribution >= 0.6 is 0 Å². The molecule has 1 amide bonds. The number of carbonyl (C=O) groups excluding carboxylic acids is 1. The van der Waals surface area contributed by atoms with Crippen molar-refractivity contribution in [1.29, 1.82) is 0 Å². The van der Waals surface area contributed by atoms with Gasteiger partial charge in [0.2, 0.25) is 0 Å². The maximum absolute atomic E-state index is 10.9. The molecule has 0 fully saturated rings. The molecule has 3 heteroatoms. The van der Waals surface area contributed by atoms with E-state index in [0.717, 1.165) is 5.56 Å². The van der Waals surface area contributed by atoms with Gasteiger partial charge in [0.1, 0.15) is 6.61 Å². The highest BCUT2D eigenvalue weighted by molar-refractivity contribution is 5.66. The monoisotopic (exact) mass is 190 g/mol. The zero-order valence-electron chi connectivity index (χ0n) is 7.85. The van der Waals surface area contributed by atoms with E-state index in [9.17, 15) is 4.79 Å². The minimum absolute atomic E-state index is 0.264. The molecular formula is C11H12NO2. The van der Waals surface area contributed by atoms with Gasteiger partial charge in [-0.3, -0.25) is 0 Å². The Hall–Kier alpha value is -1.77. The van der Waals surface area contributed by atoms with Crippen LogP contribution in [-0.4, -0.2) is 12.6 Å². The summed E-state index contributed by atoms with van der Waals surface area (Å²) < 4.78 is 4.88. The second kappa shape index (κ2) is 5.80. The van der Waals surface area contributed by atoms with Gasteiger partial charge in [0.25, 0.3) is 0 Å². The van der Waals surface area contributed by atoms with E-state index in [-0.39, 0.29) is 6.61 Å². The molecule has 0 unspecified atom stereocenters. The van der Waals surface area contributed by atoms with E-state index in [2.05, 4.69) is 11.9 Å². The molecule has 0 saturated heterocycles. The van der Waals surface area contributed by atoms with Crippen LogP contribution in [-0.2, 0) is 11.3 Å². The maximum Gasteiger partial charge on any atom is 0.429 e. The van der Waals surface area contributed by atoms with Gasteiger partial charge in [0.05, 0.1) is 6.54 Å². The summed E-state index contributed by atoms with van der Waals surface area (Å²) in [6, 6.07) is 9.48. The van der Waals surface area contributed by atoms with Crippen LogP contribution in [0.15, 0.2) is 43.0 Å². The van der Waals surface area contributed by atoms with Crippen LogP contribution in [0, 0.1) is 0 Å². The van der Waals surface area contributed by atoms with Crippen molar-refractivity contribution in [3.05, 3.63) is 48.6 Å². The molecule has 0 atom stereocenters. The first-order valence-corrected chi connectivity index (χ1v) is 4.32. The molecule has 0 saturated carbocycles. The predicted molar refractivity (Wildman–Crippen MR) is 53.8 cm³/mol. The third-order valence-corrected chi connectivity index (χ3v) is 1.55. The summed E-state index contributed by atoms with van der Waals surface area (Å²) in [6.45, 7) is 4.01. The first-order chi connectivity index (χ1) is 6.83. The number of amides is 1. The van der Waals surface area contributed by atoms with Crippen molar-refractivity contribution >= 4 is 6.09 Å². The zero-order chi connectivity index (χ0) is 10.2. The van der Waals surface area contributed by atoms with Crippen LogP contribution in [0.3, 0.4) is 0 Å². The number of carbonyl (C=O) groups is 1. The molecule has 14 heavy (non-hydrogen) atoms.